The number of pyridine rings is 2. The van der Waals surface area contributed by atoms with Crippen LogP contribution in [0.4, 0.5) is 27.9 Å². The van der Waals surface area contributed by atoms with Gasteiger partial charge >= 0.3 is 6.03 Å². The number of piperidine rings is 4. The predicted molar refractivity (Wildman–Crippen MR) is 270 cm³/mol. The van der Waals surface area contributed by atoms with Gasteiger partial charge in [0.25, 0.3) is 17.4 Å². The Morgan fingerprint density at radius 3 is 1.96 bits per heavy atom. The number of anilines is 4. The number of fused-ring (bicyclic) bond motifs is 2. The van der Waals surface area contributed by atoms with E-state index in [-0.39, 0.29) is 41.8 Å². The zero-order valence-electron chi connectivity index (χ0n) is 41.3. The number of hydrogen-bond donors (Lipinski definition) is 2. The minimum Gasteiger partial charge on any atom is -0.371 e. The minimum atomic E-state index is -0.979. The van der Waals surface area contributed by atoms with Crippen LogP contribution < -0.4 is 26.0 Å². The Bertz CT molecular complexity index is 2870. The van der Waals surface area contributed by atoms with Crippen LogP contribution in [0.25, 0.3) is 11.0 Å². The molecule has 5 saturated heterocycles. The molecule has 1 saturated carbocycles. The van der Waals surface area contributed by atoms with Gasteiger partial charge in [-0.1, -0.05) is 12.8 Å². The maximum atomic E-state index is 13.8. The Labute approximate surface area is 418 Å². The van der Waals surface area contributed by atoms with Gasteiger partial charge in [0.2, 0.25) is 17.8 Å². The van der Waals surface area contributed by atoms with E-state index >= 15 is 0 Å². The molecule has 378 valence electrons. The monoisotopic (exact) mass is 981 g/mol. The molecule has 6 aliphatic heterocycles. The van der Waals surface area contributed by atoms with Gasteiger partial charge in [-0.3, -0.25) is 48.5 Å². The smallest absolute Gasteiger partial charge is 0.319 e. The lowest BCUT2D eigenvalue weighted by atomic mass is 9.78. The Balaban J connectivity index is 0.613. The molecule has 0 radical (unpaired) electrons. The maximum Gasteiger partial charge on any atom is 0.319 e. The van der Waals surface area contributed by atoms with Gasteiger partial charge in [-0.2, -0.15) is 4.98 Å². The van der Waals surface area contributed by atoms with Crippen LogP contribution >= 0.6 is 0 Å². The van der Waals surface area contributed by atoms with Crippen molar-refractivity contribution in [1.82, 2.24) is 44.4 Å². The molecule has 1 unspecified atom stereocenters. The summed E-state index contributed by atoms with van der Waals surface area (Å²) in [5.74, 6) is -0.134. The van der Waals surface area contributed by atoms with Crippen LogP contribution in [0.5, 0.6) is 0 Å². The van der Waals surface area contributed by atoms with Crippen molar-refractivity contribution < 1.29 is 28.8 Å². The summed E-state index contributed by atoms with van der Waals surface area (Å²) in [7, 11) is 0. The summed E-state index contributed by atoms with van der Waals surface area (Å²) in [5.41, 5.74) is 3.65. The second-order valence-corrected chi connectivity index (χ2v) is 21.0. The fourth-order valence-electron chi connectivity index (χ4n) is 12.9. The molecule has 9 heterocycles. The van der Waals surface area contributed by atoms with E-state index in [1.165, 1.54) is 6.92 Å². The molecule has 19 nitrogen and oxygen atoms in total. The zero-order valence-corrected chi connectivity index (χ0v) is 41.3. The molecule has 6 amide bonds. The van der Waals surface area contributed by atoms with Gasteiger partial charge in [0.05, 0.1) is 28.6 Å². The number of benzene rings is 1. The van der Waals surface area contributed by atoms with E-state index in [4.69, 9.17) is 9.97 Å². The van der Waals surface area contributed by atoms with Crippen LogP contribution in [0.15, 0.2) is 47.5 Å². The summed E-state index contributed by atoms with van der Waals surface area (Å²) in [5, 5.41) is 6.20. The second kappa shape index (κ2) is 19.7. The van der Waals surface area contributed by atoms with Crippen molar-refractivity contribution in [2.45, 2.75) is 109 Å². The lowest BCUT2D eigenvalue weighted by Gasteiger charge is -2.45. The summed E-state index contributed by atoms with van der Waals surface area (Å²) in [6.45, 7) is 11.7. The number of Topliss-reactive ketones (excluding diaryl/α,β-unsaturated/α-hetero) is 1. The number of urea groups is 1. The first-order valence-corrected chi connectivity index (χ1v) is 26.2. The highest BCUT2D eigenvalue weighted by Crippen LogP contribution is 2.37. The van der Waals surface area contributed by atoms with E-state index in [1.807, 2.05) is 18.3 Å². The van der Waals surface area contributed by atoms with Gasteiger partial charge in [-0.05, 0) is 119 Å². The van der Waals surface area contributed by atoms with Crippen molar-refractivity contribution in [2.75, 3.05) is 80.6 Å². The molecule has 1 aliphatic carbocycles. The van der Waals surface area contributed by atoms with E-state index in [2.05, 4.69) is 46.2 Å². The molecule has 72 heavy (non-hydrogen) atoms. The minimum absolute atomic E-state index is 0.00543. The highest BCUT2D eigenvalue weighted by Gasteiger charge is 2.45. The van der Waals surface area contributed by atoms with Crippen molar-refractivity contribution in [2.24, 2.45) is 11.8 Å². The Kier molecular flexibility index (Phi) is 13.0. The fraction of sp³-hybridized carbons (Fsp3) is 0.547. The number of aryl methyl sites for hydroxylation is 1. The third kappa shape index (κ3) is 8.97. The Hall–Kier alpha value is -6.76. The molecule has 6 fully saturated rings. The first kappa shape index (κ1) is 47.6. The van der Waals surface area contributed by atoms with Gasteiger partial charge in [-0.25, -0.2) is 14.8 Å². The third-order valence-corrected chi connectivity index (χ3v) is 17.0. The highest BCUT2D eigenvalue weighted by atomic mass is 16.2. The van der Waals surface area contributed by atoms with Gasteiger partial charge in [-0.15, -0.1) is 0 Å². The van der Waals surface area contributed by atoms with Crippen LogP contribution in [0.2, 0.25) is 0 Å². The Morgan fingerprint density at radius 1 is 0.667 bits per heavy atom. The standard InChI is InChI=1S/C53H64N12O7/c1-32-42-31-55-52(58-47(42)64(37-5-3-4-6-37)51(71)46(32)33(2)66)56-44-11-8-39(30-54-44)61-27-25-60(26-28-61)36-17-23-63(24-18-36)53(72)62-21-15-35(16-22-62)34-13-19-59(20-14-34)38-7-9-40-41(29-38)50(70)65(49(40)69)43-10-12-45(67)57-48(43)68/h7-9,11,29-31,34-37,43H,3-6,10,12-28H2,1-2H3,(H,57,67,68)(H,54,55,56,58). The molecule has 0 spiro atoms. The Morgan fingerprint density at radius 2 is 1.31 bits per heavy atom. The highest BCUT2D eigenvalue weighted by molar-refractivity contribution is 6.23. The first-order valence-electron chi connectivity index (χ1n) is 26.2. The van der Waals surface area contributed by atoms with E-state index < -0.39 is 29.7 Å². The van der Waals surface area contributed by atoms with Crippen LogP contribution in [-0.4, -0.2) is 152 Å². The predicted octanol–water partition coefficient (Wildman–Crippen LogP) is 5.29. The number of rotatable bonds is 9. The van der Waals surface area contributed by atoms with Gasteiger partial charge in [0, 0.05) is 101 Å². The number of imide groups is 2. The molecule has 2 N–H and O–H groups in total. The van der Waals surface area contributed by atoms with E-state index in [9.17, 15) is 33.6 Å². The molecule has 11 rings (SSSR count). The van der Waals surface area contributed by atoms with Crippen LogP contribution in [0.1, 0.15) is 127 Å². The summed E-state index contributed by atoms with van der Waals surface area (Å²) in [6, 6.07) is 9.01. The summed E-state index contributed by atoms with van der Waals surface area (Å²) in [4.78, 5) is 117. The third-order valence-electron chi connectivity index (χ3n) is 17.0. The summed E-state index contributed by atoms with van der Waals surface area (Å²) >= 11 is 0. The average Bonchev–Trinajstić information content (AvgIpc) is 4.02. The largest absolute Gasteiger partial charge is 0.371 e. The molecule has 0 bridgehead atoms. The van der Waals surface area contributed by atoms with Crippen LogP contribution in [0, 0.1) is 18.8 Å². The quantitative estimate of drug-likeness (QED) is 0.162. The molecular formula is C53H64N12O7. The molecule has 19 heteroatoms. The summed E-state index contributed by atoms with van der Waals surface area (Å²) < 4.78 is 1.72. The van der Waals surface area contributed by atoms with Crippen LogP contribution in [-0.2, 0) is 9.59 Å². The number of ketones is 1. The molecule has 7 aliphatic rings. The lowest BCUT2D eigenvalue weighted by molar-refractivity contribution is -0.136. The number of nitrogens with one attached hydrogen (secondary N) is 2. The van der Waals surface area contributed by atoms with Gasteiger partial charge in [0.15, 0.2) is 5.78 Å². The maximum absolute atomic E-state index is 13.8. The number of nitrogens with zero attached hydrogens (tertiary/aromatic N) is 10. The fourth-order valence-corrected chi connectivity index (χ4v) is 12.9. The number of hydrogen-bond acceptors (Lipinski definition) is 14. The second-order valence-electron chi connectivity index (χ2n) is 21.0. The molecular weight excluding hydrogens is 917 g/mol. The molecule has 4 aromatic rings. The van der Waals surface area contributed by atoms with Crippen molar-refractivity contribution in [3.63, 3.8) is 0 Å². The van der Waals surface area contributed by atoms with Gasteiger partial charge in [0.1, 0.15) is 17.5 Å². The number of likely N-dealkylation sites (tertiary alicyclic amines) is 2. The van der Waals surface area contributed by atoms with Crippen molar-refractivity contribution in [1.29, 1.82) is 0 Å². The van der Waals surface area contributed by atoms with Gasteiger partial charge < -0.3 is 24.9 Å². The number of carbonyl (C=O) groups is 6. The number of aromatic nitrogens is 4. The first-order chi connectivity index (χ1) is 34.9. The van der Waals surface area contributed by atoms with Crippen molar-refractivity contribution >= 4 is 69.6 Å². The van der Waals surface area contributed by atoms with Crippen molar-refractivity contribution in [3.8, 4) is 0 Å². The summed E-state index contributed by atoms with van der Waals surface area (Å²) in [6.07, 6.45) is 13.6. The topological polar surface area (TPSA) is 207 Å². The number of amides is 6. The van der Waals surface area contributed by atoms with E-state index in [0.717, 1.165) is 146 Å². The van der Waals surface area contributed by atoms with E-state index in [0.29, 0.717) is 57.4 Å². The van der Waals surface area contributed by atoms with E-state index in [1.54, 1.807) is 29.8 Å². The van der Waals surface area contributed by atoms with Crippen molar-refractivity contribution in [3.05, 3.63) is 75.3 Å². The normalized spacial score (nSPS) is 22.3. The molecule has 1 atom stereocenters. The molecule has 1 aromatic carbocycles. The number of piperazine rings is 1. The van der Waals surface area contributed by atoms with Crippen LogP contribution in [0.3, 0.4) is 0 Å². The average molecular weight is 981 g/mol. The SMILES string of the molecule is CC(=O)c1c(C)c2cnc(Nc3ccc(N4CCN(C5CCN(C(=O)N6CCC(C7CCN(c8ccc9c(c8)C(=O)N(C8CCC(=O)NC8=O)C9=O)CC7)CC6)CC5)CC4)cn3)nc2n(C2CCCC2)c1=O. The zero-order chi connectivity index (χ0) is 49.8. The number of carbonyl (C=O) groups excluding carboxylic acids is 6. The molecule has 3 aromatic heterocycles. The lowest BCUT2D eigenvalue weighted by Crippen LogP contribution is -2.55.